The zero-order valence-electron chi connectivity index (χ0n) is 8.21. The van der Waals surface area contributed by atoms with E-state index in [2.05, 4.69) is 47.1 Å². The molecule has 5 nitrogen and oxygen atoms in total. The van der Waals surface area contributed by atoms with Gasteiger partial charge in [-0.05, 0) is 45.7 Å². The second kappa shape index (κ2) is 4.54. The number of carbonyl (C=O) groups excluding carboxylic acids is 1. The zero-order chi connectivity index (χ0) is 11.6. The van der Waals surface area contributed by atoms with Crippen LogP contribution in [0.4, 0.5) is 5.82 Å². The molecule has 1 amide bonds. The fourth-order valence-electron chi connectivity index (χ4n) is 0.699. The summed E-state index contributed by atoms with van der Waals surface area (Å²) in [7, 11) is 0. The maximum atomic E-state index is 11.5. The van der Waals surface area contributed by atoms with E-state index in [0.29, 0.717) is 15.0 Å². The van der Waals surface area contributed by atoms with Crippen molar-refractivity contribution >= 4 is 43.6 Å². The number of aromatic nitrogens is 2. The molecule has 1 rings (SSSR count). The van der Waals surface area contributed by atoms with E-state index in [1.165, 1.54) is 6.20 Å². The minimum atomic E-state index is -0.950. The number of amides is 1. The van der Waals surface area contributed by atoms with Gasteiger partial charge in [-0.1, -0.05) is 0 Å². The second-order valence-corrected chi connectivity index (χ2v) is 5.07. The van der Waals surface area contributed by atoms with Gasteiger partial charge in [0.1, 0.15) is 9.21 Å². The minimum Gasteiger partial charge on any atom is -0.318 e. The number of rotatable bonds is 2. The van der Waals surface area contributed by atoms with Gasteiger partial charge in [0.25, 0.3) is 0 Å². The number of nitrogens with zero attached hydrogens (tertiary/aromatic N) is 2. The maximum Gasteiger partial charge on any atom is 0.245 e. The smallest absolute Gasteiger partial charge is 0.245 e. The Morgan fingerprint density at radius 1 is 1.53 bits per heavy atom. The van der Waals surface area contributed by atoms with Crippen LogP contribution in [0.5, 0.6) is 0 Å². The topological polar surface area (TPSA) is 80.9 Å². The van der Waals surface area contributed by atoms with Crippen molar-refractivity contribution in [2.24, 2.45) is 5.73 Å². The first-order chi connectivity index (χ1) is 6.80. The molecule has 0 unspecified atom stereocenters. The Labute approximate surface area is 104 Å². The highest BCUT2D eigenvalue weighted by Gasteiger charge is 2.23. The molecule has 1 aromatic rings. The Morgan fingerprint density at radius 3 is 2.60 bits per heavy atom. The number of anilines is 1. The van der Waals surface area contributed by atoms with Gasteiger partial charge in [-0.15, -0.1) is 0 Å². The number of nitrogens with two attached hydrogens (primary N) is 1. The summed E-state index contributed by atoms with van der Waals surface area (Å²) in [6.07, 6.45) is 1.49. The lowest BCUT2D eigenvalue weighted by Gasteiger charge is -2.17. The Bertz CT molecular complexity index is 389. The van der Waals surface area contributed by atoms with Gasteiger partial charge in [-0.3, -0.25) is 4.79 Å². The highest BCUT2D eigenvalue weighted by molar-refractivity contribution is 9.11. The molecule has 15 heavy (non-hydrogen) atoms. The lowest BCUT2D eigenvalue weighted by molar-refractivity contribution is -0.120. The van der Waals surface area contributed by atoms with E-state index in [4.69, 9.17) is 5.73 Å². The van der Waals surface area contributed by atoms with Gasteiger partial charge in [0.15, 0.2) is 5.82 Å². The quantitative estimate of drug-likeness (QED) is 0.860. The van der Waals surface area contributed by atoms with Gasteiger partial charge in [-0.2, -0.15) is 0 Å². The van der Waals surface area contributed by atoms with E-state index >= 15 is 0 Å². The van der Waals surface area contributed by atoms with Crippen molar-refractivity contribution in [1.29, 1.82) is 0 Å². The molecule has 0 saturated heterocycles. The van der Waals surface area contributed by atoms with Crippen molar-refractivity contribution in [2.45, 2.75) is 19.4 Å². The molecule has 0 atom stereocenters. The fourth-order valence-corrected chi connectivity index (χ4v) is 1.61. The monoisotopic (exact) mass is 336 g/mol. The number of hydrogen-bond acceptors (Lipinski definition) is 4. The highest BCUT2D eigenvalue weighted by atomic mass is 79.9. The van der Waals surface area contributed by atoms with Crippen LogP contribution in [0.15, 0.2) is 15.4 Å². The van der Waals surface area contributed by atoms with Crippen LogP contribution in [-0.4, -0.2) is 21.4 Å². The van der Waals surface area contributed by atoms with Gasteiger partial charge in [0.2, 0.25) is 5.91 Å². The molecule has 1 aromatic heterocycles. The average Bonchev–Trinajstić information content (AvgIpc) is 2.08. The molecule has 0 bridgehead atoms. The second-order valence-electron chi connectivity index (χ2n) is 3.51. The first-order valence-corrected chi connectivity index (χ1v) is 5.67. The number of nitrogens with one attached hydrogen (secondary N) is 1. The molecule has 3 N–H and O–H groups in total. The summed E-state index contributed by atoms with van der Waals surface area (Å²) in [4.78, 5) is 19.5. The Balaban J connectivity index is 2.87. The van der Waals surface area contributed by atoms with Crippen molar-refractivity contribution in [3.63, 3.8) is 0 Å². The van der Waals surface area contributed by atoms with Gasteiger partial charge < -0.3 is 11.1 Å². The van der Waals surface area contributed by atoms with E-state index in [-0.39, 0.29) is 5.91 Å². The third-order valence-electron chi connectivity index (χ3n) is 1.52. The molecule has 7 heteroatoms. The van der Waals surface area contributed by atoms with Gasteiger partial charge >= 0.3 is 0 Å². The third kappa shape index (κ3) is 3.51. The Hall–Kier alpha value is -0.530. The van der Waals surface area contributed by atoms with Crippen molar-refractivity contribution in [3.8, 4) is 0 Å². The molecule has 82 valence electrons. The van der Waals surface area contributed by atoms with Crippen molar-refractivity contribution in [2.75, 3.05) is 5.32 Å². The maximum absolute atomic E-state index is 11.5. The fraction of sp³-hybridized carbons (Fsp3) is 0.375. The van der Waals surface area contributed by atoms with Crippen LogP contribution in [0, 0.1) is 0 Å². The third-order valence-corrected chi connectivity index (χ3v) is 2.45. The SMILES string of the molecule is CC(C)(N)C(=O)Nc1ncc(Br)nc1Br. The van der Waals surface area contributed by atoms with Crippen LogP contribution in [0.1, 0.15) is 13.8 Å². The standard InChI is InChI=1S/C8H10Br2N4O/c1-8(2,11)7(15)14-6-5(10)13-4(9)3-12-6/h3H,11H2,1-2H3,(H,12,14,15). The number of halogens is 2. The van der Waals surface area contributed by atoms with Gasteiger partial charge in [0, 0.05) is 0 Å². The van der Waals surface area contributed by atoms with E-state index in [0.717, 1.165) is 0 Å². The summed E-state index contributed by atoms with van der Waals surface area (Å²) in [6.45, 7) is 3.23. The van der Waals surface area contributed by atoms with Crippen LogP contribution in [-0.2, 0) is 4.79 Å². The first-order valence-electron chi connectivity index (χ1n) is 4.09. The average molecular weight is 338 g/mol. The molecule has 0 saturated carbocycles. The van der Waals surface area contributed by atoms with Crippen LogP contribution >= 0.6 is 31.9 Å². The molecule has 0 spiro atoms. The normalized spacial score (nSPS) is 11.3. The summed E-state index contributed by atoms with van der Waals surface area (Å²) in [5.74, 6) is 0.0292. The molecule has 1 heterocycles. The summed E-state index contributed by atoms with van der Waals surface area (Å²) in [5.41, 5.74) is 4.67. The van der Waals surface area contributed by atoms with Crippen LogP contribution < -0.4 is 11.1 Å². The zero-order valence-corrected chi connectivity index (χ0v) is 11.4. The van der Waals surface area contributed by atoms with E-state index in [1.54, 1.807) is 13.8 Å². The van der Waals surface area contributed by atoms with Gasteiger partial charge in [0.05, 0.1) is 11.7 Å². The van der Waals surface area contributed by atoms with Crippen molar-refractivity contribution in [3.05, 3.63) is 15.4 Å². The summed E-state index contributed by atoms with van der Waals surface area (Å²) < 4.78 is 1.04. The predicted octanol–water partition coefficient (Wildman–Crippen LogP) is 1.68. The van der Waals surface area contributed by atoms with Crippen LogP contribution in [0.25, 0.3) is 0 Å². The minimum absolute atomic E-state index is 0.320. The molecular formula is C8H10Br2N4O. The molecule has 0 fully saturated rings. The Morgan fingerprint density at radius 2 is 2.13 bits per heavy atom. The molecule has 0 aliphatic carbocycles. The summed E-state index contributed by atoms with van der Waals surface area (Å²) in [5, 5.41) is 2.57. The van der Waals surface area contributed by atoms with E-state index in [1.807, 2.05) is 0 Å². The van der Waals surface area contributed by atoms with Crippen LogP contribution in [0.2, 0.25) is 0 Å². The van der Waals surface area contributed by atoms with E-state index in [9.17, 15) is 4.79 Å². The molecule has 0 radical (unpaired) electrons. The summed E-state index contributed by atoms with van der Waals surface area (Å²) >= 11 is 6.34. The van der Waals surface area contributed by atoms with Crippen LogP contribution in [0.3, 0.4) is 0 Å². The summed E-state index contributed by atoms with van der Waals surface area (Å²) in [6, 6.07) is 0. The lowest BCUT2D eigenvalue weighted by atomic mass is 10.1. The largest absolute Gasteiger partial charge is 0.318 e. The lowest BCUT2D eigenvalue weighted by Crippen LogP contribution is -2.45. The Kier molecular flexibility index (Phi) is 3.80. The predicted molar refractivity (Wildman–Crippen MR) is 64.3 cm³/mol. The van der Waals surface area contributed by atoms with Crippen molar-refractivity contribution < 1.29 is 4.79 Å². The first kappa shape index (κ1) is 12.5. The number of hydrogen-bond donors (Lipinski definition) is 2. The van der Waals surface area contributed by atoms with Crippen molar-refractivity contribution in [1.82, 2.24) is 9.97 Å². The molecule has 0 aromatic carbocycles. The van der Waals surface area contributed by atoms with E-state index < -0.39 is 5.54 Å². The number of carbonyl (C=O) groups is 1. The molecule has 0 aliphatic rings. The molecular weight excluding hydrogens is 328 g/mol. The highest BCUT2D eigenvalue weighted by Crippen LogP contribution is 2.19. The van der Waals surface area contributed by atoms with Gasteiger partial charge in [-0.25, -0.2) is 9.97 Å². The molecule has 0 aliphatic heterocycles.